The van der Waals surface area contributed by atoms with Crippen molar-refractivity contribution in [2.75, 3.05) is 13.1 Å². The fourth-order valence-corrected chi connectivity index (χ4v) is 3.59. The summed E-state index contributed by atoms with van der Waals surface area (Å²) in [5.74, 6) is -0.306. The minimum atomic E-state index is -0.985. The van der Waals surface area contributed by atoms with Crippen molar-refractivity contribution in [3.8, 4) is 0 Å². The first kappa shape index (κ1) is 20.1. The third-order valence-electron chi connectivity index (χ3n) is 5.35. The van der Waals surface area contributed by atoms with Crippen molar-refractivity contribution in [1.29, 1.82) is 5.41 Å². The van der Waals surface area contributed by atoms with Crippen LogP contribution in [0.25, 0.3) is 0 Å². The Labute approximate surface area is 163 Å². The minimum Gasteiger partial charge on any atom is -0.465 e. The largest absolute Gasteiger partial charge is 0.465 e. The van der Waals surface area contributed by atoms with Crippen LogP contribution in [0, 0.1) is 17.1 Å². The molecular formula is C19H26FN5O3. The molecule has 4 N–H and O–H groups in total. The standard InChI is InChI=1S/C19H26FN5O3/c1-11-10-25(19(27)28)12(2)9-24(11)16(13-5-7-15(20)8-6-13)18(26)23-22-17(21)14-3-4-14/h5-8,11-12,14,16H,3-4,9-10H2,1-2H3,(H2,21,22)(H,23,26)(H,27,28)/t11?,12-,16?/m0/s1. The zero-order valence-corrected chi connectivity index (χ0v) is 16.0. The van der Waals surface area contributed by atoms with Crippen LogP contribution in [0.4, 0.5) is 9.18 Å². The Kier molecular flexibility index (Phi) is 5.83. The van der Waals surface area contributed by atoms with Gasteiger partial charge < -0.3 is 10.0 Å². The first-order valence-electron chi connectivity index (χ1n) is 9.43. The van der Waals surface area contributed by atoms with Crippen LogP contribution in [0.3, 0.4) is 0 Å². The monoisotopic (exact) mass is 391 g/mol. The lowest BCUT2D eigenvalue weighted by Gasteiger charge is -2.45. The maximum absolute atomic E-state index is 13.4. The van der Waals surface area contributed by atoms with E-state index in [1.54, 1.807) is 19.1 Å². The van der Waals surface area contributed by atoms with E-state index in [-0.39, 0.29) is 36.3 Å². The van der Waals surface area contributed by atoms with Crippen molar-refractivity contribution in [3.05, 3.63) is 35.6 Å². The van der Waals surface area contributed by atoms with E-state index >= 15 is 0 Å². The molecule has 152 valence electrons. The molecule has 9 heteroatoms. The molecule has 0 bridgehead atoms. The number of nitrogens with zero attached hydrogens (tertiary/aromatic N) is 2. The predicted molar refractivity (Wildman–Crippen MR) is 101 cm³/mol. The average Bonchev–Trinajstić information content (AvgIpc) is 3.49. The highest BCUT2D eigenvalue weighted by molar-refractivity contribution is 5.89. The second kappa shape index (κ2) is 8.14. The highest BCUT2D eigenvalue weighted by Crippen LogP contribution is 2.30. The summed E-state index contributed by atoms with van der Waals surface area (Å²) in [6.45, 7) is 4.30. The van der Waals surface area contributed by atoms with Crippen molar-refractivity contribution < 1.29 is 19.1 Å². The van der Waals surface area contributed by atoms with Gasteiger partial charge in [0.15, 0.2) is 0 Å². The van der Waals surface area contributed by atoms with Crippen LogP contribution in [0.2, 0.25) is 0 Å². The van der Waals surface area contributed by atoms with E-state index in [2.05, 4.69) is 10.9 Å². The summed E-state index contributed by atoms with van der Waals surface area (Å²) in [7, 11) is 0. The Morgan fingerprint density at radius 1 is 1.14 bits per heavy atom. The van der Waals surface area contributed by atoms with Gasteiger partial charge in [-0.2, -0.15) is 0 Å². The molecule has 0 aromatic heterocycles. The number of hydrogen-bond donors (Lipinski definition) is 4. The number of amidine groups is 1. The topological polar surface area (TPSA) is 109 Å². The number of rotatable bonds is 4. The lowest BCUT2D eigenvalue weighted by Crippen LogP contribution is -2.60. The fourth-order valence-electron chi connectivity index (χ4n) is 3.59. The molecule has 1 saturated carbocycles. The SMILES string of the molecule is CC1CN(C(=O)O)[C@@H](C)CN1C(C(=O)NNC(=N)C1CC1)c1ccc(F)cc1. The maximum atomic E-state index is 13.4. The number of carbonyl (C=O) groups is 2. The van der Waals surface area contributed by atoms with Gasteiger partial charge in [0.2, 0.25) is 0 Å². The van der Waals surface area contributed by atoms with E-state index in [1.807, 2.05) is 11.8 Å². The third kappa shape index (κ3) is 4.41. The van der Waals surface area contributed by atoms with E-state index in [4.69, 9.17) is 5.41 Å². The molecule has 1 aliphatic carbocycles. The van der Waals surface area contributed by atoms with Crippen LogP contribution < -0.4 is 10.9 Å². The van der Waals surface area contributed by atoms with Crippen molar-refractivity contribution in [3.63, 3.8) is 0 Å². The summed E-state index contributed by atoms with van der Waals surface area (Å²) in [5, 5.41) is 17.3. The van der Waals surface area contributed by atoms with Gasteiger partial charge in [0.05, 0.1) is 0 Å². The number of hydrazine groups is 1. The van der Waals surface area contributed by atoms with Crippen LogP contribution in [0.15, 0.2) is 24.3 Å². The van der Waals surface area contributed by atoms with E-state index in [0.717, 1.165) is 12.8 Å². The number of hydrogen-bond acceptors (Lipinski definition) is 4. The minimum absolute atomic E-state index is 0.169. The smallest absolute Gasteiger partial charge is 0.407 e. The van der Waals surface area contributed by atoms with Crippen molar-refractivity contribution in [1.82, 2.24) is 20.7 Å². The Balaban J connectivity index is 1.81. The van der Waals surface area contributed by atoms with Gasteiger partial charge >= 0.3 is 6.09 Å². The molecule has 1 aromatic carbocycles. The molecule has 2 unspecified atom stereocenters. The van der Waals surface area contributed by atoms with Crippen LogP contribution in [-0.4, -0.2) is 57.9 Å². The number of amides is 2. The van der Waals surface area contributed by atoms with Crippen LogP contribution in [0.1, 0.15) is 38.3 Å². The van der Waals surface area contributed by atoms with Crippen molar-refractivity contribution >= 4 is 17.8 Å². The zero-order chi connectivity index (χ0) is 20.4. The molecular weight excluding hydrogens is 365 g/mol. The molecule has 3 atom stereocenters. The molecule has 1 aliphatic heterocycles. The molecule has 2 amide bonds. The number of halogens is 1. The molecule has 1 aromatic rings. The molecule has 0 radical (unpaired) electrons. The first-order chi connectivity index (χ1) is 13.3. The Bertz CT molecular complexity index is 752. The van der Waals surface area contributed by atoms with E-state index in [9.17, 15) is 19.1 Å². The second-order valence-corrected chi connectivity index (χ2v) is 7.59. The number of nitrogens with one attached hydrogen (secondary N) is 3. The molecule has 8 nitrogen and oxygen atoms in total. The fraction of sp³-hybridized carbons (Fsp3) is 0.526. The molecule has 28 heavy (non-hydrogen) atoms. The molecule has 1 heterocycles. The van der Waals surface area contributed by atoms with Crippen LogP contribution >= 0.6 is 0 Å². The number of piperazine rings is 1. The number of benzene rings is 1. The molecule has 2 fully saturated rings. The summed E-state index contributed by atoms with van der Waals surface area (Å²) in [6, 6.07) is 4.50. The van der Waals surface area contributed by atoms with Gasteiger partial charge in [-0.05, 0) is 44.4 Å². The van der Waals surface area contributed by atoms with Crippen molar-refractivity contribution in [2.24, 2.45) is 5.92 Å². The van der Waals surface area contributed by atoms with Gasteiger partial charge in [-0.25, -0.2) is 9.18 Å². The lowest BCUT2D eigenvalue weighted by atomic mass is 9.99. The quantitative estimate of drug-likeness (QED) is 0.356. The molecule has 3 rings (SSSR count). The molecule has 2 aliphatic rings. The van der Waals surface area contributed by atoms with E-state index in [1.165, 1.54) is 17.0 Å². The summed E-state index contributed by atoms with van der Waals surface area (Å²) in [6.07, 6.45) is 0.894. The van der Waals surface area contributed by atoms with E-state index < -0.39 is 18.0 Å². The highest BCUT2D eigenvalue weighted by Gasteiger charge is 2.39. The van der Waals surface area contributed by atoms with Gasteiger partial charge in [0, 0.05) is 31.1 Å². The summed E-state index contributed by atoms with van der Waals surface area (Å²) in [4.78, 5) is 27.7. The second-order valence-electron chi connectivity index (χ2n) is 7.59. The van der Waals surface area contributed by atoms with Gasteiger partial charge in [-0.1, -0.05) is 12.1 Å². The van der Waals surface area contributed by atoms with Gasteiger partial charge in [0.1, 0.15) is 17.7 Å². The summed E-state index contributed by atoms with van der Waals surface area (Å²) < 4.78 is 13.4. The van der Waals surface area contributed by atoms with Crippen LogP contribution in [-0.2, 0) is 4.79 Å². The average molecular weight is 391 g/mol. The molecule has 0 spiro atoms. The Morgan fingerprint density at radius 2 is 1.79 bits per heavy atom. The highest BCUT2D eigenvalue weighted by atomic mass is 19.1. The Morgan fingerprint density at radius 3 is 2.36 bits per heavy atom. The number of carboxylic acid groups (broad SMARTS) is 1. The summed E-state index contributed by atoms with van der Waals surface area (Å²) in [5.41, 5.74) is 5.89. The van der Waals surface area contributed by atoms with Crippen LogP contribution in [0.5, 0.6) is 0 Å². The zero-order valence-electron chi connectivity index (χ0n) is 16.0. The Hall–Kier alpha value is -2.68. The van der Waals surface area contributed by atoms with Crippen molar-refractivity contribution in [2.45, 2.75) is 44.8 Å². The molecule has 1 saturated heterocycles. The third-order valence-corrected chi connectivity index (χ3v) is 5.35. The van der Waals surface area contributed by atoms with E-state index in [0.29, 0.717) is 12.1 Å². The lowest BCUT2D eigenvalue weighted by molar-refractivity contribution is -0.129. The first-order valence-corrected chi connectivity index (χ1v) is 9.43. The summed E-state index contributed by atoms with van der Waals surface area (Å²) >= 11 is 0. The van der Waals surface area contributed by atoms with Gasteiger partial charge in [0.25, 0.3) is 5.91 Å². The normalized spacial score (nSPS) is 23.8. The van der Waals surface area contributed by atoms with Gasteiger partial charge in [-0.15, -0.1) is 0 Å². The predicted octanol–water partition coefficient (Wildman–Crippen LogP) is 1.95. The number of carbonyl (C=O) groups excluding carboxylic acids is 1. The van der Waals surface area contributed by atoms with Gasteiger partial charge in [-0.3, -0.25) is 26.0 Å². The maximum Gasteiger partial charge on any atom is 0.407 e.